The van der Waals surface area contributed by atoms with Crippen LogP contribution in [0.25, 0.3) is 10.9 Å². The first-order valence-electron chi connectivity index (χ1n) is 31.1. The summed E-state index contributed by atoms with van der Waals surface area (Å²) in [6.45, 7) is 0.993. The van der Waals surface area contributed by atoms with E-state index in [9.17, 15) is 72.0 Å². The minimum absolute atomic E-state index is 0.0530. The molecular formula is C62H86F2IN13O15. The summed E-state index contributed by atoms with van der Waals surface area (Å²) in [7, 11) is 2.58. The van der Waals surface area contributed by atoms with Gasteiger partial charge in [-0.15, -0.1) is 0 Å². The highest BCUT2D eigenvalue weighted by molar-refractivity contribution is 14.1. The van der Waals surface area contributed by atoms with Gasteiger partial charge in [-0.25, -0.2) is 8.78 Å². The molecule has 3 aliphatic heterocycles. The van der Waals surface area contributed by atoms with E-state index in [1.165, 1.54) is 30.4 Å². The second-order valence-electron chi connectivity index (χ2n) is 23.2. The predicted octanol–water partition coefficient (Wildman–Crippen LogP) is 0.737. The van der Waals surface area contributed by atoms with Crippen LogP contribution in [0.2, 0.25) is 0 Å². The van der Waals surface area contributed by atoms with Crippen LogP contribution in [0, 0.1) is 3.57 Å². The number of carbonyl (C=O) groups excluding carboxylic acids is 7. The highest BCUT2D eigenvalue weighted by Crippen LogP contribution is 2.31. The van der Waals surface area contributed by atoms with Crippen LogP contribution in [-0.4, -0.2) is 296 Å². The Hall–Kier alpha value is -7.59. The van der Waals surface area contributed by atoms with Gasteiger partial charge in [0, 0.05) is 133 Å². The van der Waals surface area contributed by atoms with Gasteiger partial charge in [0.1, 0.15) is 17.8 Å². The summed E-state index contributed by atoms with van der Waals surface area (Å²) in [6.07, 6.45) is 4.67. The number of hydrogen-bond donors (Lipinski definition) is 7. The number of benzene rings is 2. The van der Waals surface area contributed by atoms with Crippen molar-refractivity contribution in [3.63, 3.8) is 0 Å². The van der Waals surface area contributed by atoms with E-state index in [1.807, 2.05) is 24.3 Å². The maximum atomic E-state index is 14.5. The van der Waals surface area contributed by atoms with Crippen LogP contribution < -0.4 is 26.0 Å². The molecule has 3 aromatic rings. The fourth-order valence-corrected chi connectivity index (χ4v) is 11.6. The van der Waals surface area contributed by atoms with Crippen molar-refractivity contribution in [2.75, 3.05) is 152 Å². The number of esters is 1. The Labute approximate surface area is 552 Å². The number of aryl methyl sites for hydroxylation is 1. The van der Waals surface area contributed by atoms with Crippen LogP contribution in [0.3, 0.4) is 0 Å². The molecule has 3 atom stereocenters. The molecule has 28 nitrogen and oxygen atoms in total. The Morgan fingerprint density at radius 1 is 0.720 bits per heavy atom. The predicted molar refractivity (Wildman–Crippen MR) is 345 cm³/mol. The number of methoxy groups -OCH3 is 1. The number of nitrogens with one attached hydrogen (secondary N) is 4. The topological polar surface area (TPSA) is 346 Å². The quantitative estimate of drug-likeness (QED) is 0.0196. The number of piperazine rings is 1. The maximum absolute atomic E-state index is 14.5. The van der Waals surface area contributed by atoms with Gasteiger partial charge in [0.05, 0.1) is 76.5 Å². The monoisotopic (exact) mass is 1420 g/mol. The number of likely N-dealkylation sites (tertiary alicyclic amines) is 1. The number of unbranched alkanes of at least 4 members (excludes halogenated alkanes) is 1. The Balaban J connectivity index is 1.05. The average Bonchev–Trinajstić information content (AvgIpc) is 1.81. The molecule has 0 bridgehead atoms. The Morgan fingerprint density at radius 3 is 1.91 bits per heavy atom. The lowest BCUT2D eigenvalue weighted by atomic mass is 10.1. The zero-order valence-corrected chi connectivity index (χ0v) is 54.8. The van der Waals surface area contributed by atoms with Crippen molar-refractivity contribution in [1.29, 1.82) is 0 Å². The van der Waals surface area contributed by atoms with Crippen LogP contribution in [0.4, 0.5) is 8.78 Å². The van der Waals surface area contributed by atoms with Gasteiger partial charge in [-0.05, 0) is 103 Å². The lowest BCUT2D eigenvalue weighted by Gasteiger charge is -2.36. The van der Waals surface area contributed by atoms with E-state index in [0.717, 1.165) is 27.6 Å². The summed E-state index contributed by atoms with van der Waals surface area (Å²) < 4.78 is 40.5. The molecule has 3 fully saturated rings. The fraction of sp³-hybridized carbons (Fsp3) is 0.581. The Bertz CT molecular complexity index is 3040. The molecule has 1 aromatic heterocycles. The van der Waals surface area contributed by atoms with Crippen molar-refractivity contribution in [1.82, 2.24) is 60.6 Å². The molecule has 0 aliphatic carbocycles. The van der Waals surface area contributed by atoms with Crippen LogP contribution in [0.5, 0.6) is 5.75 Å². The van der Waals surface area contributed by atoms with Gasteiger partial charge in [0.15, 0.2) is 0 Å². The number of ether oxygens (including phenoxy) is 2. The summed E-state index contributed by atoms with van der Waals surface area (Å²) in [6, 6.07) is 11.0. The van der Waals surface area contributed by atoms with E-state index in [0.29, 0.717) is 68.4 Å². The number of pyridine rings is 1. The van der Waals surface area contributed by atoms with Crippen molar-refractivity contribution in [2.24, 2.45) is 4.99 Å². The number of aromatic nitrogens is 1. The number of aliphatic imine (C=N–C) groups is 1. The molecular weight excluding hydrogens is 1330 g/mol. The van der Waals surface area contributed by atoms with Gasteiger partial charge in [0.2, 0.25) is 29.5 Å². The number of halogens is 3. The van der Waals surface area contributed by atoms with Crippen LogP contribution in [0.1, 0.15) is 67.3 Å². The first-order chi connectivity index (χ1) is 44.5. The number of nitrogens with zero attached hydrogens (tertiary/aromatic N) is 9. The molecule has 0 unspecified atom stereocenters. The number of hydrogen-bond acceptors (Lipinski definition) is 19. The molecule has 6 rings (SSSR count). The second kappa shape index (κ2) is 37.9. The Kier molecular flexibility index (Phi) is 30.4. The maximum Gasteiger partial charge on any atom is 0.317 e. The molecule has 3 aliphatic rings. The van der Waals surface area contributed by atoms with E-state index in [-0.39, 0.29) is 123 Å². The molecule has 4 heterocycles. The lowest BCUT2D eigenvalue weighted by molar-refractivity contribution is -0.147. The molecule has 2 aromatic carbocycles. The summed E-state index contributed by atoms with van der Waals surface area (Å²) in [5, 5.41) is 40.4. The third kappa shape index (κ3) is 26.0. The first-order valence-corrected chi connectivity index (χ1v) is 32.2. The SMILES string of the molecule is C/N=C/[C@H]1CC(F)(F)CN1C(=O)CNC(=O)c1ccnc2ccc(OCCCN3CCN(C(=O)[C@H](CC(=O)OC)NC(=O)[C@H](CCCCNC(=O)CCCc4ccc(I)cc4)NC(=O)CN4CCN(CC(=O)O)CCN(CC(=O)O)CCN(CC(=O)O)CC4)CC3)cc12. The zero-order chi connectivity index (χ0) is 67.5. The highest BCUT2D eigenvalue weighted by Gasteiger charge is 2.46. The van der Waals surface area contributed by atoms with E-state index in [4.69, 9.17) is 9.47 Å². The molecule has 7 N–H and O–H groups in total. The minimum Gasteiger partial charge on any atom is -0.494 e. The fourth-order valence-electron chi connectivity index (χ4n) is 11.2. The van der Waals surface area contributed by atoms with Gasteiger partial charge in [0.25, 0.3) is 11.8 Å². The zero-order valence-electron chi connectivity index (χ0n) is 52.6. The Morgan fingerprint density at radius 2 is 1.32 bits per heavy atom. The number of carbonyl (C=O) groups is 10. The van der Waals surface area contributed by atoms with Gasteiger partial charge < -0.3 is 55.9 Å². The van der Waals surface area contributed by atoms with E-state index < -0.39 is 103 Å². The van der Waals surface area contributed by atoms with Crippen molar-refractivity contribution >= 4 is 99.0 Å². The molecule has 0 radical (unpaired) electrons. The molecule has 31 heteroatoms. The van der Waals surface area contributed by atoms with Crippen LogP contribution >= 0.6 is 22.6 Å². The molecule has 6 amide bonds. The smallest absolute Gasteiger partial charge is 0.317 e. The van der Waals surface area contributed by atoms with Gasteiger partial charge in [-0.3, -0.25) is 82.4 Å². The lowest BCUT2D eigenvalue weighted by Crippen LogP contribution is -2.58. The summed E-state index contributed by atoms with van der Waals surface area (Å²) in [5.74, 6) is -10.1. The number of alkyl halides is 2. The first kappa shape index (κ1) is 74.4. The van der Waals surface area contributed by atoms with Crippen molar-refractivity contribution < 1.29 is 81.5 Å². The molecule has 510 valence electrons. The van der Waals surface area contributed by atoms with Gasteiger partial charge >= 0.3 is 23.9 Å². The third-order valence-corrected chi connectivity index (χ3v) is 16.9. The number of carboxylic acid groups (broad SMARTS) is 3. The van der Waals surface area contributed by atoms with Crippen LogP contribution in [-0.2, 0) is 54.3 Å². The summed E-state index contributed by atoms with van der Waals surface area (Å²) in [5.41, 5.74) is 1.80. The van der Waals surface area contributed by atoms with E-state index in [1.54, 1.807) is 37.8 Å². The van der Waals surface area contributed by atoms with E-state index in [2.05, 4.69) is 58.7 Å². The summed E-state index contributed by atoms with van der Waals surface area (Å²) in [4.78, 5) is 150. The van der Waals surface area contributed by atoms with Crippen LogP contribution in [0.15, 0.2) is 59.7 Å². The largest absolute Gasteiger partial charge is 0.494 e. The van der Waals surface area contributed by atoms with Gasteiger partial charge in [-0.1, -0.05) is 12.1 Å². The molecule has 93 heavy (non-hydrogen) atoms. The minimum atomic E-state index is -3.08. The van der Waals surface area contributed by atoms with E-state index >= 15 is 0 Å². The molecule has 0 spiro atoms. The van der Waals surface area contributed by atoms with Crippen molar-refractivity contribution in [3.05, 3.63) is 69.4 Å². The normalized spacial score (nSPS) is 18.0. The number of carboxylic acids is 3. The standard InChI is InChI=1S/C62H86F2IN13O15/c1-66-36-45-35-62(63,64)42-78(45)54(81)37-69-59(89)47-16-18-67-49-15-14-46(33-48(47)49)93-32-6-19-72-28-30-77(31-29-72)61(91)51(34-58(88)92-2)71-60(90)50(8-3-4-17-68-52(79)9-5-7-43-10-12-44(65)13-11-43)70-53(80)38-73-20-22-74(39-55(82)83)24-26-76(41-57(86)87)27-25-75(23-21-73)40-56(84)85/h10-16,18,33,36,45,50-51H,3-9,17,19-32,34-35,37-42H2,1-2H3,(H,68,79)(H,69,89)(H,70,80)(H,71,90)(H,82,83)(H,84,85)(H,86,87)/b66-36+/t45-,50+,51+/m1/s1. The number of amides is 6. The highest BCUT2D eigenvalue weighted by atomic mass is 127. The van der Waals surface area contributed by atoms with Crippen molar-refractivity contribution in [2.45, 2.75) is 81.8 Å². The summed E-state index contributed by atoms with van der Waals surface area (Å²) >= 11 is 2.23. The number of rotatable bonds is 32. The van der Waals surface area contributed by atoms with Crippen molar-refractivity contribution in [3.8, 4) is 5.75 Å². The average molecular weight is 1420 g/mol. The number of fused-ring (bicyclic) bond motifs is 1. The second-order valence-corrected chi connectivity index (χ2v) is 24.5. The van der Waals surface area contributed by atoms with Gasteiger partial charge in [-0.2, -0.15) is 0 Å². The molecule has 3 saturated heterocycles. The molecule has 0 saturated carbocycles. The number of aliphatic carboxylic acids is 3. The third-order valence-electron chi connectivity index (χ3n) is 16.1.